The van der Waals surface area contributed by atoms with E-state index in [4.69, 9.17) is 0 Å². The molecule has 1 aromatic heterocycles. The average Bonchev–Trinajstić information content (AvgIpc) is 3.18. The van der Waals surface area contributed by atoms with E-state index in [0.717, 1.165) is 17.4 Å². The van der Waals surface area contributed by atoms with Crippen molar-refractivity contribution in [2.75, 3.05) is 6.54 Å². The van der Waals surface area contributed by atoms with Crippen LogP contribution in [0.4, 0.5) is 5.69 Å². The van der Waals surface area contributed by atoms with Crippen LogP contribution in [0, 0.1) is 16.0 Å². The average molecular weight is 273 g/mol. The number of aromatic nitrogens is 1. The van der Waals surface area contributed by atoms with Gasteiger partial charge in [0.1, 0.15) is 6.54 Å². The summed E-state index contributed by atoms with van der Waals surface area (Å²) in [5, 5.41) is 14.4. The van der Waals surface area contributed by atoms with E-state index in [-0.39, 0.29) is 18.1 Å². The van der Waals surface area contributed by atoms with Crippen molar-refractivity contribution in [1.82, 2.24) is 9.88 Å². The number of nitrogens with zero attached hydrogens (tertiary/aromatic N) is 2. The summed E-state index contributed by atoms with van der Waals surface area (Å²) in [4.78, 5) is 22.1. The van der Waals surface area contributed by atoms with E-state index in [1.807, 2.05) is 0 Å². The van der Waals surface area contributed by atoms with Crippen LogP contribution in [0.3, 0.4) is 0 Å². The zero-order chi connectivity index (χ0) is 14.1. The van der Waals surface area contributed by atoms with Crippen LogP contribution in [-0.2, 0) is 11.3 Å². The van der Waals surface area contributed by atoms with Crippen LogP contribution in [0.15, 0.2) is 30.5 Å². The van der Waals surface area contributed by atoms with E-state index in [9.17, 15) is 14.9 Å². The van der Waals surface area contributed by atoms with Crippen LogP contribution in [0.5, 0.6) is 0 Å². The molecule has 1 aromatic carbocycles. The summed E-state index contributed by atoms with van der Waals surface area (Å²) in [6.45, 7) is 0.998. The topological polar surface area (TPSA) is 77.2 Å². The molecule has 1 amide bonds. The summed E-state index contributed by atoms with van der Waals surface area (Å²) in [6, 6.07) is 6.45. The minimum Gasteiger partial charge on any atom is -0.354 e. The number of amides is 1. The molecule has 0 aliphatic heterocycles. The quantitative estimate of drug-likeness (QED) is 0.669. The third-order valence-corrected chi connectivity index (χ3v) is 3.56. The van der Waals surface area contributed by atoms with Crippen molar-refractivity contribution in [1.29, 1.82) is 0 Å². The van der Waals surface area contributed by atoms with Gasteiger partial charge in [-0.15, -0.1) is 0 Å². The molecule has 0 spiro atoms. The molecule has 20 heavy (non-hydrogen) atoms. The monoisotopic (exact) mass is 273 g/mol. The van der Waals surface area contributed by atoms with Crippen LogP contribution in [0.1, 0.15) is 12.8 Å². The molecule has 0 saturated heterocycles. The fourth-order valence-corrected chi connectivity index (χ4v) is 2.23. The molecule has 0 radical (unpaired) electrons. The molecular formula is C14H15N3O3. The van der Waals surface area contributed by atoms with Crippen molar-refractivity contribution in [3.05, 3.63) is 40.6 Å². The molecule has 6 heteroatoms. The lowest BCUT2D eigenvalue weighted by Crippen LogP contribution is -2.29. The second kappa shape index (κ2) is 4.96. The molecule has 1 saturated carbocycles. The molecule has 1 aliphatic carbocycles. The highest BCUT2D eigenvalue weighted by atomic mass is 16.6. The Morgan fingerprint density at radius 1 is 1.40 bits per heavy atom. The number of nitro groups is 1. The molecule has 0 bridgehead atoms. The first-order valence-electron chi connectivity index (χ1n) is 6.63. The molecule has 0 atom stereocenters. The Kier molecular flexibility index (Phi) is 3.14. The summed E-state index contributed by atoms with van der Waals surface area (Å²) in [6.07, 6.45) is 4.19. The van der Waals surface area contributed by atoms with Gasteiger partial charge in [-0.3, -0.25) is 14.9 Å². The smallest absolute Gasteiger partial charge is 0.270 e. The van der Waals surface area contributed by atoms with Crippen molar-refractivity contribution in [3.63, 3.8) is 0 Å². The van der Waals surface area contributed by atoms with E-state index in [1.54, 1.807) is 22.9 Å². The molecule has 3 rings (SSSR count). The minimum atomic E-state index is -0.418. The van der Waals surface area contributed by atoms with Gasteiger partial charge in [0.05, 0.1) is 4.92 Å². The maximum atomic E-state index is 11.8. The SMILES string of the molecule is O=C(Cn1ccc2cc([N+](=O)[O-])ccc21)NCC1CC1. The lowest BCUT2D eigenvalue weighted by molar-refractivity contribution is -0.384. The molecule has 1 N–H and O–H groups in total. The molecule has 0 unspecified atom stereocenters. The number of nitrogens with one attached hydrogen (secondary N) is 1. The highest BCUT2D eigenvalue weighted by Crippen LogP contribution is 2.27. The highest BCUT2D eigenvalue weighted by Gasteiger charge is 2.21. The number of hydrogen-bond donors (Lipinski definition) is 1. The van der Waals surface area contributed by atoms with Gasteiger partial charge < -0.3 is 9.88 Å². The third kappa shape index (κ3) is 2.64. The Balaban J connectivity index is 1.74. The van der Waals surface area contributed by atoms with Crippen molar-refractivity contribution in [2.45, 2.75) is 19.4 Å². The van der Waals surface area contributed by atoms with Gasteiger partial charge in [0, 0.05) is 35.8 Å². The zero-order valence-electron chi connectivity index (χ0n) is 10.9. The Bertz CT molecular complexity index is 673. The molecule has 1 heterocycles. The van der Waals surface area contributed by atoms with Gasteiger partial charge in [-0.25, -0.2) is 0 Å². The van der Waals surface area contributed by atoms with E-state index in [0.29, 0.717) is 5.92 Å². The van der Waals surface area contributed by atoms with Gasteiger partial charge in [-0.1, -0.05) is 0 Å². The lowest BCUT2D eigenvalue weighted by atomic mass is 10.2. The predicted molar refractivity (Wildman–Crippen MR) is 74.3 cm³/mol. The number of rotatable bonds is 5. The zero-order valence-corrected chi connectivity index (χ0v) is 10.9. The van der Waals surface area contributed by atoms with Crippen molar-refractivity contribution < 1.29 is 9.72 Å². The highest BCUT2D eigenvalue weighted by molar-refractivity contribution is 5.85. The molecular weight excluding hydrogens is 258 g/mol. The number of nitro benzene ring substituents is 1. The molecule has 2 aromatic rings. The third-order valence-electron chi connectivity index (χ3n) is 3.56. The lowest BCUT2D eigenvalue weighted by Gasteiger charge is -2.06. The Labute approximate surface area is 115 Å². The fourth-order valence-electron chi connectivity index (χ4n) is 2.23. The van der Waals surface area contributed by atoms with Crippen LogP contribution >= 0.6 is 0 Å². The summed E-state index contributed by atoms with van der Waals surface area (Å²) in [5.74, 6) is 0.635. The standard InChI is InChI=1S/C14H15N3O3/c18-14(15-8-10-1-2-10)9-16-6-5-11-7-12(17(19)20)3-4-13(11)16/h3-7,10H,1-2,8-9H2,(H,15,18). The summed E-state index contributed by atoms with van der Waals surface area (Å²) >= 11 is 0. The predicted octanol–water partition coefficient (Wildman–Crippen LogP) is 2.08. The summed E-state index contributed by atoms with van der Waals surface area (Å²) in [5.41, 5.74) is 0.894. The number of carbonyl (C=O) groups excluding carboxylic acids is 1. The largest absolute Gasteiger partial charge is 0.354 e. The first-order chi connectivity index (χ1) is 9.63. The summed E-state index contributed by atoms with van der Waals surface area (Å²) < 4.78 is 1.81. The summed E-state index contributed by atoms with van der Waals surface area (Å²) in [7, 11) is 0. The van der Waals surface area contributed by atoms with E-state index in [1.165, 1.54) is 25.0 Å². The number of carbonyl (C=O) groups is 1. The van der Waals surface area contributed by atoms with Crippen LogP contribution in [-0.4, -0.2) is 21.9 Å². The second-order valence-corrected chi connectivity index (χ2v) is 5.19. The van der Waals surface area contributed by atoms with Gasteiger partial charge in [0.2, 0.25) is 5.91 Å². The number of non-ortho nitro benzene ring substituents is 1. The fraction of sp³-hybridized carbons (Fsp3) is 0.357. The van der Waals surface area contributed by atoms with Gasteiger partial charge in [0.25, 0.3) is 5.69 Å². The van der Waals surface area contributed by atoms with Gasteiger partial charge in [-0.2, -0.15) is 0 Å². The molecule has 1 fully saturated rings. The minimum absolute atomic E-state index is 0.0206. The van der Waals surface area contributed by atoms with Gasteiger partial charge in [0.15, 0.2) is 0 Å². The van der Waals surface area contributed by atoms with Gasteiger partial charge >= 0.3 is 0 Å². The number of hydrogen-bond acceptors (Lipinski definition) is 3. The van der Waals surface area contributed by atoms with Gasteiger partial charge in [-0.05, 0) is 30.9 Å². The Morgan fingerprint density at radius 2 is 2.20 bits per heavy atom. The van der Waals surface area contributed by atoms with Crippen LogP contribution in [0.2, 0.25) is 0 Å². The van der Waals surface area contributed by atoms with Crippen molar-refractivity contribution in [2.24, 2.45) is 5.92 Å². The van der Waals surface area contributed by atoms with Crippen molar-refractivity contribution >= 4 is 22.5 Å². The molecule has 6 nitrogen and oxygen atoms in total. The van der Waals surface area contributed by atoms with Crippen LogP contribution in [0.25, 0.3) is 10.9 Å². The van der Waals surface area contributed by atoms with Crippen molar-refractivity contribution in [3.8, 4) is 0 Å². The number of fused-ring (bicyclic) bond motifs is 1. The van der Waals surface area contributed by atoms with E-state index < -0.39 is 4.92 Å². The maximum Gasteiger partial charge on any atom is 0.270 e. The Morgan fingerprint density at radius 3 is 2.90 bits per heavy atom. The van der Waals surface area contributed by atoms with E-state index >= 15 is 0 Å². The van der Waals surface area contributed by atoms with E-state index in [2.05, 4.69) is 5.32 Å². The van der Waals surface area contributed by atoms with Crippen LogP contribution < -0.4 is 5.32 Å². The second-order valence-electron chi connectivity index (χ2n) is 5.19. The normalized spacial score (nSPS) is 14.4. The maximum absolute atomic E-state index is 11.8. The molecule has 104 valence electrons. The first-order valence-corrected chi connectivity index (χ1v) is 6.63. The number of benzene rings is 1. The Hall–Kier alpha value is -2.37. The first kappa shape index (κ1) is 12.7. The molecule has 1 aliphatic rings.